The van der Waals surface area contributed by atoms with Crippen LogP contribution < -0.4 is 27.4 Å². The molecule has 0 saturated carbocycles. The summed E-state index contributed by atoms with van der Waals surface area (Å²) in [6.07, 6.45) is 11.5. The highest BCUT2D eigenvalue weighted by Crippen LogP contribution is 2.29. The van der Waals surface area contributed by atoms with Gasteiger partial charge in [0.2, 0.25) is 34.2 Å². The summed E-state index contributed by atoms with van der Waals surface area (Å²) in [6.45, 7) is 22.8. The molecule has 0 bridgehead atoms. The maximum Gasteiger partial charge on any atom is 0.215 e. The molecule has 6 nitrogen and oxygen atoms in total. The normalized spacial score (nSPS) is 12.3. The van der Waals surface area contributed by atoms with Crippen LogP contribution in [0.15, 0.2) is 225 Å². The smallest absolute Gasteiger partial charge is 0.201 e. The number of pyridine rings is 6. The first-order valence-electron chi connectivity index (χ1n) is 37.1. The number of aromatic nitrogens is 6. The lowest BCUT2D eigenvalue weighted by atomic mass is 9.97. The molecule has 12 rings (SSSR count). The van der Waals surface area contributed by atoms with Crippen LogP contribution in [0.25, 0.3) is 67.5 Å². The van der Waals surface area contributed by atoms with E-state index >= 15 is 0 Å². The van der Waals surface area contributed by atoms with Gasteiger partial charge in [-0.15, -0.1) is 0 Å². The molecule has 0 aliphatic rings. The predicted octanol–water partition coefficient (Wildman–Crippen LogP) is 18.3. The monoisotopic (exact) mass is 1270 g/mol. The maximum atomic E-state index is 7.64. The summed E-state index contributed by atoms with van der Waals surface area (Å²) >= 11 is 0. The van der Waals surface area contributed by atoms with E-state index in [-0.39, 0.29) is 0 Å². The lowest BCUT2D eigenvalue weighted by molar-refractivity contribution is -0.661. The second-order valence-electron chi connectivity index (χ2n) is 25.3. The van der Waals surface area contributed by atoms with Gasteiger partial charge in [0.1, 0.15) is 42.3 Å². The summed E-state index contributed by atoms with van der Waals surface area (Å²) < 4.78 is 80.3. The van der Waals surface area contributed by atoms with Crippen molar-refractivity contribution in [3.05, 3.63) is 320 Å². The average Bonchev–Trinajstić information content (AvgIpc) is 0.780. The van der Waals surface area contributed by atoms with E-state index < -0.39 is 20.6 Å². The van der Waals surface area contributed by atoms with Crippen LogP contribution in [0, 0.1) is 117 Å². The maximum absolute atomic E-state index is 7.64. The standard InChI is InChI=1S/C16H20N.3C15H18N.2C14H16N/c1-11-8-6-7-9-15(11)16-14(4)13(3)12(2)10-17(16)5;1-11-9-13(3)15(16(4)10-11)14-8-6-5-7-12(14)2;1-11-7-5-6-8-14(11)15-9-12(2)13(3)10-16(15)4;1-11-9-10-16(4)15(13(11)3)14-8-6-5-7-12(14)2;1-11-7-4-5-9-13(11)14-12(2)8-6-10-15(14)3;1-11-8-9-15(3)14(10-11)13-7-5-4-6-12(13)2/h6-10H,1-5H3;3*5-10H,1-4H3;2*4-10H,1-3H3/q6*+1/i2D3;1D3;3D3;;;. The Kier molecular flexibility index (Phi) is 21.1. The fourth-order valence-corrected chi connectivity index (χ4v) is 12.1. The van der Waals surface area contributed by atoms with Gasteiger partial charge in [-0.05, 0) is 222 Å². The number of aryl methyl sites for hydroxylation is 20. The van der Waals surface area contributed by atoms with E-state index in [0.29, 0.717) is 16.7 Å². The zero-order valence-electron chi connectivity index (χ0n) is 69.0. The largest absolute Gasteiger partial charge is 0.215 e. The molecule has 0 radical (unpaired) electrons. The predicted molar refractivity (Wildman–Crippen MR) is 399 cm³/mol. The molecule has 0 unspecified atom stereocenters. The van der Waals surface area contributed by atoms with Crippen molar-refractivity contribution in [1.82, 2.24) is 0 Å². The minimum absolute atomic E-state index is 0.379. The summed E-state index contributed by atoms with van der Waals surface area (Å²) in [5, 5.41) is 0. The Hall–Kier alpha value is -9.78. The lowest BCUT2D eigenvalue weighted by Crippen LogP contribution is -2.33. The highest BCUT2D eigenvalue weighted by atomic mass is 14.9. The summed E-state index contributed by atoms with van der Waals surface area (Å²) in [5.74, 6) is 0. The minimum atomic E-state index is -2.07. The molecular formula is C89H106N6+6. The molecule has 0 saturated heterocycles. The molecule has 0 fully saturated rings. The Morgan fingerprint density at radius 2 is 0.600 bits per heavy atom. The van der Waals surface area contributed by atoms with E-state index in [9.17, 15) is 0 Å². The topological polar surface area (TPSA) is 23.3 Å². The third-order valence-electron chi connectivity index (χ3n) is 17.9. The highest BCUT2D eigenvalue weighted by molar-refractivity contribution is 5.68. The third kappa shape index (κ3) is 18.3. The second kappa shape index (κ2) is 33.4. The van der Waals surface area contributed by atoms with Gasteiger partial charge < -0.3 is 0 Å². The Morgan fingerprint density at radius 1 is 0.221 bits per heavy atom. The summed E-state index contributed by atoms with van der Waals surface area (Å²) in [4.78, 5) is 0. The van der Waals surface area contributed by atoms with Gasteiger partial charge in [-0.1, -0.05) is 109 Å². The molecule has 0 aliphatic heterocycles. The number of hydrogen-bond donors (Lipinski definition) is 0. The Bertz CT molecular complexity index is 4960. The van der Waals surface area contributed by atoms with Gasteiger partial charge in [0, 0.05) is 115 Å². The Labute approximate surface area is 584 Å². The molecule has 6 heteroatoms. The van der Waals surface area contributed by atoms with Gasteiger partial charge in [-0.25, -0.2) is 27.4 Å². The summed E-state index contributed by atoms with van der Waals surface area (Å²) in [7, 11) is 12.0. The molecule has 0 spiro atoms. The second-order valence-corrected chi connectivity index (χ2v) is 25.3. The molecule has 0 aliphatic carbocycles. The third-order valence-corrected chi connectivity index (χ3v) is 17.9. The van der Waals surface area contributed by atoms with Crippen molar-refractivity contribution in [2.24, 2.45) is 42.3 Å². The van der Waals surface area contributed by atoms with Crippen molar-refractivity contribution >= 4 is 0 Å². The number of nitrogens with zero attached hydrogens (tertiary/aromatic N) is 6. The fourth-order valence-electron chi connectivity index (χ4n) is 12.1. The first-order chi connectivity index (χ1) is 48.8. The first-order valence-corrected chi connectivity index (χ1v) is 32.6. The van der Waals surface area contributed by atoms with Crippen LogP contribution in [0.3, 0.4) is 0 Å². The number of hydrogen-bond acceptors (Lipinski definition) is 0. The summed E-state index contributed by atoms with van der Waals surface area (Å²) in [6, 6.07) is 64.4. The van der Waals surface area contributed by atoms with E-state index in [1.807, 2.05) is 105 Å². The molecule has 486 valence electrons. The zero-order chi connectivity index (χ0) is 76.9. The number of benzene rings is 6. The minimum Gasteiger partial charge on any atom is -0.201 e. The molecule has 95 heavy (non-hydrogen) atoms. The molecule has 0 atom stereocenters. The van der Waals surface area contributed by atoms with E-state index in [1.54, 1.807) is 24.7 Å². The highest BCUT2D eigenvalue weighted by Gasteiger charge is 2.21. The van der Waals surface area contributed by atoms with Crippen LogP contribution in [-0.2, 0) is 42.3 Å². The van der Waals surface area contributed by atoms with Crippen LogP contribution in [-0.4, -0.2) is 0 Å². The van der Waals surface area contributed by atoms with E-state index in [2.05, 4.69) is 262 Å². The SMILES string of the molecule is Cc1cc[n+](C)c(-c2ccccc2C)c1.Cc1ccccc1-c1c(C)c(C)cc[n+]1C.Cc1ccccc1-c1c(C)ccc[n+]1C.[2H]C([2H])([2H])c1c[n+](C)c(-c2ccccc2C)c(C)c1C.[2H]C([2H])([2H])c1c[n+](C)c(-c2ccccc2C)cc1C.[2H]C([2H])([2H])c1cc(C)c(-c2ccccc2C)[n+](C)c1. The Balaban J connectivity index is 0.000000175. The fraction of sp³-hybridized carbons (Fsp3) is 0.258. The van der Waals surface area contributed by atoms with Gasteiger partial charge in [-0.3, -0.25) is 0 Å². The molecule has 12 aromatic rings. The van der Waals surface area contributed by atoms with E-state index in [4.69, 9.17) is 12.3 Å². The van der Waals surface area contributed by atoms with Crippen molar-refractivity contribution in [1.29, 1.82) is 0 Å². The zero-order valence-corrected chi connectivity index (χ0v) is 60.0. The van der Waals surface area contributed by atoms with Crippen LogP contribution in [0.1, 0.15) is 107 Å². The van der Waals surface area contributed by atoms with Crippen molar-refractivity contribution in [2.45, 2.75) is 117 Å². The van der Waals surface area contributed by atoms with Crippen molar-refractivity contribution in [3.63, 3.8) is 0 Å². The van der Waals surface area contributed by atoms with Crippen LogP contribution >= 0.6 is 0 Å². The van der Waals surface area contributed by atoms with Crippen molar-refractivity contribution in [3.8, 4) is 67.5 Å². The molecule has 0 amide bonds. The Morgan fingerprint density at radius 3 is 1.04 bits per heavy atom. The van der Waals surface area contributed by atoms with Crippen LogP contribution in [0.4, 0.5) is 0 Å². The molecule has 6 aromatic heterocycles. The van der Waals surface area contributed by atoms with E-state index in [1.165, 1.54) is 89.4 Å². The average molecular weight is 1270 g/mol. The van der Waals surface area contributed by atoms with Gasteiger partial charge in [0.25, 0.3) is 0 Å². The summed E-state index contributed by atoms with van der Waals surface area (Å²) in [5.41, 5.74) is 32.1. The quantitative estimate of drug-likeness (QED) is 0.148. The van der Waals surface area contributed by atoms with E-state index in [0.717, 1.165) is 56.0 Å². The van der Waals surface area contributed by atoms with Crippen molar-refractivity contribution in [2.75, 3.05) is 0 Å². The molecule has 6 aromatic carbocycles. The molecule has 6 heterocycles. The van der Waals surface area contributed by atoms with Gasteiger partial charge in [-0.2, -0.15) is 0 Å². The van der Waals surface area contributed by atoms with Gasteiger partial charge >= 0.3 is 0 Å². The van der Waals surface area contributed by atoms with Gasteiger partial charge in [0.05, 0.1) is 0 Å². The van der Waals surface area contributed by atoms with Gasteiger partial charge in [0.15, 0.2) is 37.2 Å². The molecule has 0 N–H and O–H groups in total. The van der Waals surface area contributed by atoms with Crippen LogP contribution in [0.2, 0.25) is 0 Å². The van der Waals surface area contributed by atoms with Crippen LogP contribution in [0.5, 0.6) is 0 Å². The lowest BCUT2D eigenvalue weighted by Gasteiger charge is -2.10. The van der Waals surface area contributed by atoms with Crippen molar-refractivity contribution < 1.29 is 39.7 Å². The first kappa shape index (κ1) is 60.2. The number of rotatable bonds is 6. The molecular weight excluding hydrogens is 1150 g/mol.